The number of carbonyl (C=O) groups excluding carboxylic acids is 3. The Morgan fingerprint density at radius 3 is 1.98 bits per heavy atom. The summed E-state index contributed by atoms with van der Waals surface area (Å²) in [6.07, 6.45) is 0.517. The summed E-state index contributed by atoms with van der Waals surface area (Å²) in [5.41, 5.74) is -1.66. The van der Waals surface area contributed by atoms with Crippen LogP contribution in [0.15, 0.2) is 65.8 Å². The number of nitrogens with zero attached hydrogens (tertiary/aromatic N) is 5. The molecule has 0 aliphatic heterocycles. The summed E-state index contributed by atoms with van der Waals surface area (Å²) in [7, 11) is -3.99. The first-order valence-electron chi connectivity index (χ1n) is 16.1. The van der Waals surface area contributed by atoms with Crippen LogP contribution < -0.4 is 9.62 Å². The summed E-state index contributed by atoms with van der Waals surface area (Å²) in [4.78, 5) is 50.4. The van der Waals surface area contributed by atoms with Crippen LogP contribution in [-0.4, -0.2) is 76.0 Å². The van der Waals surface area contributed by atoms with Gasteiger partial charge in [0.1, 0.15) is 23.6 Å². The monoisotopic (exact) mass is 776 g/mol. The Balaban J connectivity index is 1.55. The van der Waals surface area contributed by atoms with Gasteiger partial charge >= 0.3 is 18.3 Å². The number of imide groups is 1. The fraction of sp³-hybridized carbons (Fsp3) is 0.400. The van der Waals surface area contributed by atoms with Gasteiger partial charge in [0.2, 0.25) is 5.95 Å². The van der Waals surface area contributed by atoms with Crippen molar-refractivity contribution in [3.63, 3.8) is 0 Å². The number of anilines is 2. The van der Waals surface area contributed by atoms with Crippen molar-refractivity contribution in [1.29, 1.82) is 0 Å². The number of fused-ring (bicyclic) bond motifs is 1. The second-order valence-corrected chi connectivity index (χ2v) is 17.2. The number of nitrogens with one attached hydrogen (secondary N) is 1. The summed E-state index contributed by atoms with van der Waals surface area (Å²) < 4.78 is 46.6. The Morgan fingerprint density at radius 1 is 0.827 bits per heavy atom. The largest absolute Gasteiger partial charge is 0.447 e. The lowest BCUT2D eigenvalue weighted by Crippen LogP contribution is -2.48. The van der Waals surface area contributed by atoms with Crippen LogP contribution >= 0.6 is 23.2 Å². The van der Waals surface area contributed by atoms with E-state index in [4.69, 9.17) is 37.4 Å². The lowest BCUT2D eigenvalue weighted by molar-refractivity contribution is -0.00213. The van der Waals surface area contributed by atoms with Crippen molar-refractivity contribution in [3.8, 4) is 5.95 Å². The second-order valence-electron chi connectivity index (χ2n) is 14.6. The van der Waals surface area contributed by atoms with Gasteiger partial charge in [-0.25, -0.2) is 32.7 Å². The lowest BCUT2D eigenvalue weighted by Gasteiger charge is -2.34. The quantitative estimate of drug-likeness (QED) is 0.172. The van der Waals surface area contributed by atoms with E-state index in [9.17, 15) is 22.8 Å². The fourth-order valence-corrected chi connectivity index (χ4v) is 6.52. The Kier molecular flexibility index (Phi) is 11.7. The number of amides is 3. The van der Waals surface area contributed by atoms with Crippen molar-refractivity contribution < 1.29 is 37.0 Å². The molecule has 280 valence electrons. The molecular formula is C35H42Cl2N6O8S. The highest BCUT2D eigenvalue weighted by Gasteiger charge is 2.34. The molecule has 1 N–H and O–H groups in total. The molecule has 17 heteroatoms. The molecule has 4 aromatic rings. The zero-order valence-electron chi connectivity index (χ0n) is 30.4. The van der Waals surface area contributed by atoms with E-state index in [-0.39, 0.29) is 39.9 Å². The molecule has 4 rings (SSSR count). The standard InChI is InChI=1S/C35H42Cl2N6O8S/c1-33(2,3)43(32(46)49-17-16-42(30(44)50-34(4,5)6)31(45)51-35(7,8)9)28-12-14-38-29(39-28)41-15-13-22-18-25(10-11-27(22)41)40-52(47,48)26-20-23(36)19-24(37)21-26/h10-15,18-21,40H,16-17H2,1-9H3. The number of benzene rings is 2. The van der Waals surface area contributed by atoms with E-state index in [2.05, 4.69) is 14.7 Å². The summed E-state index contributed by atoms with van der Waals surface area (Å²) in [5, 5.41) is 1.04. The van der Waals surface area contributed by atoms with Crippen molar-refractivity contribution in [3.05, 3.63) is 71.0 Å². The molecule has 0 bridgehead atoms. The van der Waals surface area contributed by atoms with Crippen molar-refractivity contribution in [1.82, 2.24) is 19.4 Å². The van der Waals surface area contributed by atoms with E-state index in [0.717, 1.165) is 4.90 Å². The molecule has 0 aliphatic carbocycles. The van der Waals surface area contributed by atoms with Crippen molar-refractivity contribution in [2.45, 2.75) is 84.0 Å². The van der Waals surface area contributed by atoms with Crippen LogP contribution in [0.3, 0.4) is 0 Å². The first-order valence-corrected chi connectivity index (χ1v) is 18.3. The van der Waals surface area contributed by atoms with E-state index in [1.165, 1.54) is 29.3 Å². The molecular weight excluding hydrogens is 735 g/mol. The number of halogens is 2. The van der Waals surface area contributed by atoms with E-state index in [0.29, 0.717) is 16.6 Å². The molecule has 52 heavy (non-hydrogen) atoms. The van der Waals surface area contributed by atoms with Gasteiger partial charge in [-0.05, 0) is 111 Å². The topological polar surface area (TPSA) is 162 Å². The highest BCUT2D eigenvalue weighted by atomic mass is 35.5. The molecule has 3 amide bonds. The molecule has 2 aromatic carbocycles. The van der Waals surface area contributed by atoms with E-state index in [1.54, 1.807) is 103 Å². The third kappa shape index (κ3) is 10.5. The predicted octanol–water partition coefficient (Wildman–Crippen LogP) is 8.44. The molecule has 2 heterocycles. The predicted molar refractivity (Wildman–Crippen MR) is 199 cm³/mol. The molecule has 0 saturated heterocycles. The van der Waals surface area contributed by atoms with Crippen LogP contribution in [0.1, 0.15) is 62.3 Å². The lowest BCUT2D eigenvalue weighted by atomic mass is 10.1. The first kappa shape index (κ1) is 40.2. The normalized spacial score (nSPS) is 12.3. The Morgan fingerprint density at radius 2 is 1.42 bits per heavy atom. The zero-order valence-corrected chi connectivity index (χ0v) is 32.7. The van der Waals surface area contributed by atoms with E-state index >= 15 is 0 Å². The number of ether oxygens (including phenoxy) is 3. The van der Waals surface area contributed by atoms with E-state index in [1.807, 2.05) is 0 Å². The zero-order chi connectivity index (χ0) is 38.8. The summed E-state index contributed by atoms with van der Waals surface area (Å²) in [5.74, 6) is 0.433. The molecule has 0 saturated carbocycles. The number of aromatic nitrogens is 3. The van der Waals surface area contributed by atoms with E-state index < -0.39 is 45.0 Å². The molecule has 0 unspecified atom stereocenters. The van der Waals surface area contributed by atoms with Gasteiger partial charge in [0, 0.05) is 39.1 Å². The van der Waals surface area contributed by atoms with Gasteiger partial charge in [-0.15, -0.1) is 0 Å². The summed E-state index contributed by atoms with van der Waals surface area (Å²) >= 11 is 12.0. The molecule has 0 atom stereocenters. The molecule has 0 radical (unpaired) electrons. The average Bonchev–Trinajstić information content (AvgIpc) is 3.39. The second kappa shape index (κ2) is 15.2. The number of hydrogen-bond acceptors (Lipinski definition) is 10. The fourth-order valence-electron chi connectivity index (χ4n) is 4.75. The summed E-state index contributed by atoms with van der Waals surface area (Å²) in [6, 6.07) is 12.3. The summed E-state index contributed by atoms with van der Waals surface area (Å²) in [6.45, 7) is 14.6. The number of carbonyl (C=O) groups is 3. The third-order valence-corrected chi connectivity index (χ3v) is 8.58. The van der Waals surface area contributed by atoms with Crippen LogP contribution in [0.5, 0.6) is 0 Å². The van der Waals surface area contributed by atoms with Gasteiger partial charge in [-0.3, -0.25) is 14.2 Å². The highest BCUT2D eigenvalue weighted by molar-refractivity contribution is 7.92. The minimum atomic E-state index is -3.99. The highest BCUT2D eigenvalue weighted by Crippen LogP contribution is 2.29. The Hall–Kier alpha value is -4.60. The maximum atomic E-state index is 13.6. The maximum absolute atomic E-state index is 13.6. The van der Waals surface area contributed by atoms with Gasteiger partial charge in [0.25, 0.3) is 10.0 Å². The smallest absolute Gasteiger partial charge is 0.419 e. The van der Waals surface area contributed by atoms with Crippen molar-refractivity contribution >= 4 is 73.9 Å². The van der Waals surface area contributed by atoms with Crippen LogP contribution in [0, 0.1) is 0 Å². The SMILES string of the molecule is CC(C)(C)OC(=O)N(CCOC(=O)N(c1ccnc(-n2ccc3cc(NS(=O)(=O)c4cc(Cl)cc(Cl)c4)ccc32)n1)C(C)(C)C)C(=O)OC(C)(C)C. The Labute approximate surface area is 313 Å². The van der Waals surface area contributed by atoms with Crippen molar-refractivity contribution in [2.24, 2.45) is 0 Å². The average molecular weight is 778 g/mol. The van der Waals surface area contributed by atoms with Crippen LogP contribution in [-0.2, 0) is 24.2 Å². The molecule has 2 aromatic heterocycles. The molecule has 0 fully saturated rings. The van der Waals surface area contributed by atoms with Crippen LogP contribution in [0.25, 0.3) is 16.9 Å². The molecule has 0 aliphatic rings. The first-order chi connectivity index (χ1) is 23.9. The van der Waals surface area contributed by atoms with Crippen molar-refractivity contribution in [2.75, 3.05) is 22.8 Å². The van der Waals surface area contributed by atoms with Crippen LogP contribution in [0.2, 0.25) is 10.0 Å². The minimum Gasteiger partial charge on any atom is -0.447 e. The number of hydrogen-bond donors (Lipinski definition) is 1. The van der Waals surface area contributed by atoms with Crippen LogP contribution in [0.4, 0.5) is 25.9 Å². The molecule has 14 nitrogen and oxygen atoms in total. The number of sulfonamides is 1. The van der Waals surface area contributed by atoms with Gasteiger partial charge in [0.05, 0.1) is 17.0 Å². The molecule has 0 spiro atoms. The Bertz CT molecular complexity index is 2040. The van der Waals surface area contributed by atoms with Gasteiger partial charge < -0.3 is 14.2 Å². The van der Waals surface area contributed by atoms with Gasteiger partial charge in [0.15, 0.2) is 0 Å². The third-order valence-electron chi connectivity index (χ3n) is 6.78. The minimum absolute atomic E-state index is 0.0850. The van der Waals surface area contributed by atoms with Gasteiger partial charge in [-0.2, -0.15) is 4.98 Å². The van der Waals surface area contributed by atoms with Gasteiger partial charge in [-0.1, -0.05) is 23.2 Å². The number of rotatable bonds is 8. The maximum Gasteiger partial charge on any atom is 0.419 e.